The molecule has 0 aliphatic carbocycles. The molecule has 10 heteroatoms. The van der Waals surface area contributed by atoms with E-state index in [0.29, 0.717) is 11.3 Å². The highest BCUT2D eigenvalue weighted by Crippen LogP contribution is 2.22. The van der Waals surface area contributed by atoms with Crippen molar-refractivity contribution in [2.45, 2.75) is 38.7 Å². The second-order valence-corrected chi connectivity index (χ2v) is 6.38. The number of nitrogens with one attached hydrogen (secondary N) is 3. The first kappa shape index (κ1) is 21.3. The number of carbonyl (C=O) groups is 2. The van der Waals surface area contributed by atoms with Crippen LogP contribution in [-0.2, 0) is 9.59 Å². The van der Waals surface area contributed by atoms with Crippen molar-refractivity contribution < 1.29 is 27.5 Å². The van der Waals surface area contributed by atoms with Gasteiger partial charge in [0.25, 0.3) is 5.91 Å². The van der Waals surface area contributed by atoms with Gasteiger partial charge in [0.15, 0.2) is 6.61 Å². The van der Waals surface area contributed by atoms with Gasteiger partial charge in [0.05, 0.1) is 12.3 Å². The molecule has 1 aliphatic rings. The summed E-state index contributed by atoms with van der Waals surface area (Å²) in [5.41, 5.74) is -0.462. The number of alkyl halides is 3. The van der Waals surface area contributed by atoms with E-state index in [1.54, 1.807) is 19.9 Å². The molecule has 1 aromatic rings. The van der Waals surface area contributed by atoms with Crippen molar-refractivity contribution in [2.75, 3.05) is 6.61 Å². The van der Waals surface area contributed by atoms with Crippen LogP contribution in [0.15, 0.2) is 41.2 Å². The maximum atomic E-state index is 12.8. The molecule has 3 N–H and O–H groups in total. The number of amides is 2. The Kier molecular flexibility index (Phi) is 6.32. The summed E-state index contributed by atoms with van der Waals surface area (Å²) in [4.78, 5) is 28.4. The van der Waals surface area contributed by atoms with Gasteiger partial charge in [-0.1, -0.05) is 12.1 Å². The fourth-order valence-corrected chi connectivity index (χ4v) is 2.58. The van der Waals surface area contributed by atoms with Gasteiger partial charge in [-0.15, -0.1) is 0 Å². The minimum Gasteiger partial charge on any atom is -0.484 e. The molecule has 0 saturated heterocycles. The molecule has 1 aromatic carbocycles. The van der Waals surface area contributed by atoms with Gasteiger partial charge in [0, 0.05) is 18.8 Å². The molecule has 2 amide bonds. The van der Waals surface area contributed by atoms with E-state index in [9.17, 15) is 22.8 Å². The third-order valence-corrected chi connectivity index (χ3v) is 3.77. The molecule has 28 heavy (non-hydrogen) atoms. The van der Waals surface area contributed by atoms with Crippen LogP contribution in [0.4, 0.5) is 13.2 Å². The Labute approximate surface area is 160 Å². The number of nitrogens with zero attached hydrogens (tertiary/aromatic N) is 1. The van der Waals surface area contributed by atoms with Crippen LogP contribution in [-0.4, -0.2) is 36.5 Å². The summed E-state index contributed by atoms with van der Waals surface area (Å²) in [6, 6.07) is 5.40. The van der Waals surface area contributed by atoms with Gasteiger partial charge in [0.1, 0.15) is 5.75 Å². The van der Waals surface area contributed by atoms with E-state index >= 15 is 0 Å². The molecule has 1 aliphatic heterocycles. The van der Waals surface area contributed by atoms with Gasteiger partial charge >= 0.3 is 6.18 Å². The van der Waals surface area contributed by atoms with Crippen LogP contribution < -0.4 is 20.7 Å². The summed E-state index contributed by atoms with van der Waals surface area (Å²) >= 11 is 0. The van der Waals surface area contributed by atoms with E-state index in [2.05, 4.69) is 20.9 Å². The SMILES string of the molecule is CC(=O)NC1(C(=O)NC(C)c2cccc(OCC(F)(F)F)c2)C=NC=C(C)N1. The van der Waals surface area contributed by atoms with E-state index in [-0.39, 0.29) is 5.75 Å². The smallest absolute Gasteiger partial charge is 0.422 e. The van der Waals surface area contributed by atoms with Crippen molar-refractivity contribution in [3.8, 4) is 5.75 Å². The van der Waals surface area contributed by atoms with E-state index < -0.39 is 36.3 Å². The molecule has 1 heterocycles. The lowest BCUT2D eigenvalue weighted by Gasteiger charge is -2.34. The average molecular weight is 398 g/mol. The number of rotatable bonds is 6. The summed E-state index contributed by atoms with van der Waals surface area (Å²) in [6.45, 7) is 3.20. The van der Waals surface area contributed by atoms with E-state index in [1.165, 1.54) is 37.5 Å². The summed E-state index contributed by atoms with van der Waals surface area (Å²) in [5, 5.41) is 8.13. The zero-order chi connectivity index (χ0) is 20.9. The van der Waals surface area contributed by atoms with Crippen molar-refractivity contribution in [3.63, 3.8) is 0 Å². The fourth-order valence-electron chi connectivity index (χ4n) is 2.58. The molecule has 2 atom stereocenters. The highest BCUT2D eigenvalue weighted by atomic mass is 19.4. The number of aliphatic imine (C=N–C) groups is 1. The number of allylic oxidation sites excluding steroid dienone is 1. The van der Waals surface area contributed by atoms with Crippen molar-refractivity contribution >= 4 is 18.0 Å². The van der Waals surface area contributed by atoms with Crippen molar-refractivity contribution in [2.24, 2.45) is 4.99 Å². The lowest BCUT2D eigenvalue weighted by atomic mass is 10.0. The van der Waals surface area contributed by atoms with E-state index in [0.717, 1.165) is 0 Å². The van der Waals surface area contributed by atoms with Crippen molar-refractivity contribution in [3.05, 3.63) is 41.7 Å². The maximum Gasteiger partial charge on any atom is 0.422 e. The first-order valence-corrected chi connectivity index (χ1v) is 8.39. The molecule has 0 fully saturated rings. The standard InChI is InChI=1S/C18H21F3N4O3/c1-11-8-22-9-17(24-11,25-13(3)26)16(27)23-12(2)14-5-4-6-15(7-14)28-10-18(19,20)21/h4-9,12,24H,10H2,1-3H3,(H,23,27)(H,25,26). The van der Waals surface area contributed by atoms with Crippen LogP contribution in [0.2, 0.25) is 0 Å². The molecule has 0 spiro atoms. The van der Waals surface area contributed by atoms with Crippen LogP contribution in [0, 0.1) is 0 Å². The van der Waals surface area contributed by atoms with Gasteiger partial charge in [-0.25, -0.2) is 0 Å². The van der Waals surface area contributed by atoms with Crippen LogP contribution in [0.1, 0.15) is 32.4 Å². The van der Waals surface area contributed by atoms with E-state index in [1.807, 2.05) is 0 Å². The Hall–Kier alpha value is -3.04. The maximum absolute atomic E-state index is 12.8. The number of ether oxygens (including phenoxy) is 1. The summed E-state index contributed by atoms with van der Waals surface area (Å²) < 4.78 is 41.7. The monoisotopic (exact) mass is 398 g/mol. The number of hydrogen-bond donors (Lipinski definition) is 3. The quantitative estimate of drug-likeness (QED) is 0.685. The van der Waals surface area contributed by atoms with Crippen molar-refractivity contribution in [1.29, 1.82) is 0 Å². The molecule has 0 bridgehead atoms. The topological polar surface area (TPSA) is 91.8 Å². The van der Waals surface area contributed by atoms with Crippen LogP contribution in [0.5, 0.6) is 5.75 Å². The molecular weight excluding hydrogens is 377 g/mol. The molecule has 152 valence electrons. The molecule has 0 saturated carbocycles. The largest absolute Gasteiger partial charge is 0.484 e. The Morgan fingerprint density at radius 3 is 2.68 bits per heavy atom. The summed E-state index contributed by atoms with van der Waals surface area (Å²) in [5.74, 6) is -0.990. The number of carbonyl (C=O) groups excluding carboxylic acids is 2. The van der Waals surface area contributed by atoms with Gasteiger partial charge < -0.3 is 20.7 Å². The minimum absolute atomic E-state index is 0.0311. The molecule has 0 radical (unpaired) electrons. The lowest BCUT2D eigenvalue weighted by Crippen LogP contribution is -2.68. The van der Waals surface area contributed by atoms with Gasteiger partial charge in [-0.05, 0) is 31.5 Å². The number of benzene rings is 1. The molecule has 2 unspecified atom stereocenters. The Morgan fingerprint density at radius 2 is 2.07 bits per heavy atom. The number of halogens is 3. The lowest BCUT2D eigenvalue weighted by molar-refractivity contribution is -0.153. The highest BCUT2D eigenvalue weighted by Gasteiger charge is 2.40. The molecule has 0 aromatic heterocycles. The van der Waals surface area contributed by atoms with Crippen LogP contribution in [0.25, 0.3) is 0 Å². The second-order valence-electron chi connectivity index (χ2n) is 6.38. The normalized spacial score (nSPS) is 19.9. The second kappa shape index (κ2) is 8.32. The van der Waals surface area contributed by atoms with Crippen LogP contribution in [0.3, 0.4) is 0 Å². The zero-order valence-electron chi connectivity index (χ0n) is 15.6. The van der Waals surface area contributed by atoms with Gasteiger partial charge in [0.2, 0.25) is 11.6 Å². The third kappa shape index (κ3) is 5.73. The van der Waals surface area contributed by atoms with E-state index in [4.69, 9.17) is 4.74 Å². The Balaban J connectivity index is 2.13. The average Bonchev–Trinajstić information content (AvgIpc) is 2.59. The minimum atomic E-state index is -4.45. The molecule has 7 nitrogen and oxygen atoms in total. The number of hydrogen-bond acceptors (Lipinski definition) is 5. The first-order chi connectivity index (χ1) is 13.0. The predicted octanol–water partition coefficient (Wildman–Crippen LogP) is 2.17. The molecular formula is C18H21F3N4O3. The fraction of sp³-hybridized carbons (Fsp3) is 0.389. The Morgan fingerprint density at radius 1 is 1.36 bits per heavy atom. The zero-order valence-corrected chi connectivity index (χ0v) is 15.6. The molecule has 2 rings (SSSR count). The van der Waals surface area contributed by atoms with Gasteiger partial charge in [-0.3, -0.25) is 14.6 Å². The predicted molar refractivity (Wildman–Crippen MR) is 96.5 cm³/mol. The third-order valence-electron chi connectivity index (χ3n) is 3.77. The summed E-state index contributed by atoms with van der Waals surface area (Å²) in [7, 11) is 0. The summed E-state index contributed by atoms with van der Waals surface area (Å²) in [6.07, 6.45) is -1.68. The first-order valence-electron chi connectivity index (χ1n) is 8.39. The Bertz CT molecular complexity index is 804. The highest BCUT2D eigenvalue weighted by molar-refractivity contribution is 6.06. The van der Waals surface area contributed by atoms with Crippen molar-refractivity contribution in [1.82, 2.24) is 16.0 Å². The van der Waals surface area contributed by atoms with Crippen LogP contribution >= 0.6 is 0 Å². The van der Waals surface area contributed by atoms with Gasteiger partial charge in [-0.2, -0.15) is 13.2 Å².